The Morgan fingerprint density at radius 2 is 2.29 bits per heavy atom. The summed E-state index contributed by atoms with van der Waals surface area (Å²) in [5, 5.41) is 14.6. The van der Waals surface area contributed by atoms with Gasteiger partial charge >= 0.3 is 0 Å². The van der Waals surface area contributed by atoms with E-state index in [-0.39, 0.29) is 17.4 Å². The van der Waals surface area contributed by atoms with Crippen LogP contribution in [0.25, 0.3) is 0 Å². The van der Waals surface area contributed by atoms with E-state index in [1.165, 1.54) is 24.0 Å². The zero-order valence-corrected chi connectivity index (χ0v) is 12.4. The molecule has 0 saturated carbocycles. The van der Waals surface area contributed by atoms with Crippen LogP contribution in [0.4, 0.5) is 0 Å². The fourth-order valence-electron chi connectivity index (χ4n) is 1.41. The topological polar surface area (TPSA) is 74.6 Å². The molecule has 0 fully saturated rings. The van der Waals surface area contributed by atoms with Gasteiger partial charge in [-0.15, -0.1) is 0 Å². The summed E-state index contributed by atoms with van der Waals surface area (Å²) in [4.78, 5) is 15.7. The third kappa shape index (κ3) is 5.09. The van der Waals surface area contributed by atoms with Gasteiger partial charge in [-0.05, 0) is 30.3 Å². The number of aromatic nitrogens is 1. The molecule has 0 aliphatic rings. The van der Waals surface area contributed by atoms with Crippen LogP contribution in [0.1, 0.15) is 5.56 Å². The van der Waals surface area contributed by atoms with Gasteiger partial charge < -0.3 is 5.11 Å². The second kappa shape index (κ2) is 7.66. The number of halogens is 1. The number of nitrogens with zero attached hydrogens (tertiary/aromatic N) is 2. The molecule has 21 heavy (non-hydrogen) atoms. The number of pyridine rings is 1. The van der Waals surface area contributed by atoms with Gasteiger partial charge in [-0.1, -0.05) is 29.4 Å². The summed E-state index contributed by atoms with van der Waals surface area (Å²) in [6, 6.07) is 10.1. The van der Waals surface area contributed by atoms with E-state index >= 15 is 0 Å². The summed E-state index contributed by atoms with van der Waals surface area (Å²) in [7, 11) is 0. The quantitative estimate of drug-likeness (QED) is 0.504. The molecule has 0 unspecified atom stereocenters. The third-order valence-electron chi connectivity index (χ3n) is 2.37. The molecule has 108 valence electrons. The molecule has 2 aromatic rings. The Kier molecular flexibility index (Phi) is 5.59. The van der Waals surface area contributed by atoms with Gasteiger partial charge in [-0.2, -0.15) is 5.10 Å². The summed E-state index contributed by atoms with van der Waals surface area (Å²) < 4.78 is 0. The second-order valence-electron chi connectivity index (χ2n) is 3.95. The van der Waals surface area contributed by atoms with Crippen molar-refractivity contribution in [1.29, 1.82) is 0 Å². The van der Waals surface area contributed by atoms with Crippen LogP contribution in [0.3, 0.4) is 0 Å². The van der Waals surface area contributed by atoms with Gasteiger partial charge in [0.25, 0.3) is 0 Å². The summed E-state index contributed by atoms with van der Waals surface area (Å²) in [5.41, 5.74) is 2.81. The molecule has 2 rings (SSSR count). The minimum Gasteiger partial charge on any atom is -0.507 e. The van der Waals surface area contributed by atoms with Crippen LogP contribution in [0, 0.1) is 0 Å². The number of hydrogen-bond acceptors (Lipinski definition) is 5. The smallest absolute Gasteiger partial charge is 0.250 e. The first kappa shape index (κ1) is 15.3. The van der Waals surface area contributed by atoms with Crippen LogP contribution in [-0.2, 0) is 4.79 Å². The Morgan fingerprint density at radius 3 is 3.05 bits per heavy atom. The van der Waals surface area contributed by atoms with Crippen molar-refractivity contribution in [2.75, 3.05) is 5.75 Å². The molecule has 5 nitrogen and oxygen atoms in total. The van der Waals surface area contributed by atoms with E-state index in [1.54, 1.807) is 18.3 Å². The molecule has 0 bridgehead atoms. The number of carbonyl (C=O) groups excluding carboxylic acids is 1. The van der Waals surface area contributed by atoms with Crippen molar-refractivity contribution >= 4 is 35.5 Å². The van der Waals surface area contributed by atoms with E-state index < -0.39 is 0 Å². The maximum Gasteiger partial charge on any atom is 0.250 e. The average molecular weight is 322 g/mol. The van der Waals surface area contributed by atoms with Crippen molar-refractivity contribution in [3.05, 3.63) is 53.2 Å². The molecule has 0 radical (unpaired) electrons. The number of thioether (sulfide) groups is 1. The van der Waals surface area contributed by atoms with E-state index in [1.807, 2.05) is 18.2 Å². The Balaban J connectivity index is 1.83. The van der Waals surface area contributed by atoms with Gasteiger partial charge in [0.05, 0.1) is 17.0 Å². The zero-order chi connectivity index (χ0) is 15.1. The molecular weight excluding hydrogens is 310 g/mol. The van der Waals surface area contributed by atoms with Gasteiger partial charge in [-0.25, -0.2) is 10.4 Å². The van der Waals surface area contributed by atoms with Crippen LogP contribution in [0.5, 0.6) is 5.75 Å². The van der Waals surface area contributed by atoms with E-state index in [0.717, 1.165) is 5.03 Å². The number of amides is 1. The number of benzene rings is 1. The Bertz CT molecular complexity index is 650. The molecule has 0 saturated heterocycles. The van der Waals surface area contributed by atoms with Crippen molar-refractivity contribution in [3.8, 4) is 5.75 Å². The number of rotatable bonds is 5. The first-order valence-electron chi connectivity index (χ1n) is 5.99. The SMILES string of the molecule is O=C(CSc1ccccn1)N/N=C\c1cc(Cl)ccc1O. The predicted molar refractivity (Wildman–Crippen MR) is 83.8 cm³/mol. The lowest BCUT2D eigenvalue weighted by Crippen LogP contribution is -2.19. The van der Waals surface area contributed by atoms with Gasteiger partial charge in [-0.3, -0.25) is 4.79 Å². The first-order chi connectivity index (χ1) is 10.1. The molecule has 0 aliphatic heterocycles. The van der Waals surface area contributed by atoms with Gasteiger partial charge in [0.2, 0.25) is 5.91 Å². The first-order valence-corrected chi connectivity index (χ1v) is 7.36. The monoisotopic (exact) mass is 321 g/mol. The Labute approximate surface area is 131 Å². The number of aromatic hydroxyl groups is 1. The highest BCUT2D eigenvalue weighted by Crippen LogP contribution is 2.19. The highest BCUT2D eigenvalue weighted by atomic mass is 35.5. The molecule has 1 heterocycles. The van der Waals surface area contributed by atoms with Crippen molar-refractivity contribution in [2.24, 2.45) is 5.10 Å². The van der Waals surface area contributed by atoms with Crippen molar-refractivity contribution < 1.29 is 9.90 Å². The van der Waals surface area contributed by atoms with Crippen molar-refractivity contribution in [2.45, 2.75) is 5.03 Å². The molecule has 0 atom stereocenters. The van der Waals surface area contributed by atoms with E-state index in [9.17, 15) is 9.90 Å². The molecule has 1 aromatic heterocycles. The normalized spacial score (nSPS) is 10.7. The lowest BCUT2D eigenvalue weighted by molar-refractivity contribution is -0.118. The lowest BCUT2D eigenvalue weighted by Gasteiger charge is -2.01. The number of hydrazone groups is 1. The van der Waals surface area contributed by atoms with Crippen LogP contribution in [-0.4, -0.2) is 28.0 Å². The predicted octanol–water partition coefficient (Wildman–Crippen LogP) is 2.68. The maximum atomic E-state index is 11.6. The number of hydrogen-bond donors (Lipinski definition) is 2. The standard InChI is InChI=1S/C14H12ClN3O2S/c15-11-4-5-12(19)10(7-11)8-17-18-13(20)9-21-14-3-1-2-6-16-14/h1-8,19H,9H2,(H,18,20)/b17-8-. The fourth-order valence-corrected chi connectivity index (χ4v) is 2.24. The van der Waals surface area contributed by atoms with Gasteiger partial charge in [0.15, 0.2) is 0 Å². The minimum atomic E-state index is -0.261. The molecule has 2 N–H and O–H groups in total. The van der Waals surface area contributed by atoms with Crippen LogP contribution in [0.15, 0.2) is 52.7 Å². The number of nitrogens with one attached hydrogen (secondary N) is 1. The maximum absolute atomic E-state index is 11.6. The van der Waals surface area contributed by atoms with E-state index in [0.29, 0.717) is 10.6 Å². The summed E-state index contributed by atoms with van der Waals surface area (Å²) >= 11 is 7.12. The molecule has 0 spiro atoms. The minimum absolute atomic E-state index is 0.0419. The lowest BCUT2D eigenvalue weighted by atomic mass is 10.2. The van der Waals surface area contributed by atoms with E-state index in [4.69, 9.17) is 11.6 Å². The molecular formula is C14H12ClN3O2S. The Morgan fingerprint density at radius 1 is 1.43 bits per heavy atom. The summed E-state index contributed by atoms with van der Waals surface area (Å²) in [6.45, 7) is 0. The van der Waals surface area contributed by atoms with Crippen LogP contribution >= 0.6 is 23.4 Å². The Hall–Kier alpha value is -2.05. The van der Waals surface area contributed by atoms with Crippen molar-refractivity contribution in [3.63, 3.8) is 0 Å². The molecule has 0 aliphatic carbocycles. The second-order valence-corrected chi connectivity index (χ2v) is 5.39. The number of phenolic OH excluding ortho intramolecular Hbond substituents is 1. The average Bonchev–Trinajstić information content (AvgIpc) is 2.50. The zero-order valence-electron chi connectivity index (χ0n) is 10.9. The van der Waals surface area contributed by atoms with Gasteiger partial charge in [0.1, 0.15) is 5.75 Å². The fraction of sp³-hybridized carbons (Fsp3) is 0.0714. The van der Waals surface area contributed by atoms with Crippen LogP contribution < -0.4 is 5.43 Å². The summed E-state index contributed by atoms with van der Waals surface area (Å²) in [5.74, 6) is -0.0146. The molecule has 7 heteroatoms. The number of carbonyl (C=O) groups is 1. The van der Waals surface area contributed by atoms with Crippen molar-refractivity contribution in [1.82, 2.24) is 10.4 Å². The highest BCUT2D eigenvalue weighted by Gasteiger charge is 2.02. The van der Waals surface area contributed by atoms with Crippen LogP contribution in [0.2, 0.25) is 5.02 Å². The third-order valence-corrected chi connectivity index (χ3v) is 3.55. The number of phenols is 1. The summed E-state index contributed by atoms with van der Waals surface area (Å²) in [6.07, 6.45) is 3.00. The largest absolute Gasteiger partial charge is 0.507 e. The molecule has 1 aromatic carbocycles. The highest BCUT2D eigenvalue weighted by molar-refractivity contribution is 7.99. The van der Waals surface area contributed by atoms with E-state index in [2.05, 4.69) is 15.5 Å². The molecule has 1 amide bonds. The van der Waals surface area contributed by atoms with Gasteiger partial charge in [0, 0.05) is 16.8 Å².